The highest BCUT2D eigenvalue weighted by atomic mass is 35.5. The number of nitrogens with one attached hydrogen (secondary N) is 1. The fourth-order valence-electron chi connectivity index (χ4n) is 3.13. The topological polar surface area (TPSA) is 39.7 Å². The average Bonchev–Trinajstić information content (AvgIpc) is 2.76. The van der Waals surface area contributed by atoms with E-state index in [1.54, 1.807) is 20.3 Å². The average molecular weight is 446 g/mol. The first-order chi connectivity index (χ1) is 14.6. The van der Waals surface area contributed by atoms with Gasteiger partial charge in [-0.1, -0.05) is 53.5 Å². The summed E-state index contributed by atoms with van der Waals surface area (Å²) < 4.78 is 16.8. The van der Waals surface area contributed by atoms with Crippen molar-refractivity contribution in [1.82, 2.24) is 5.32 Å². The van der Waals surface area contributed by atoms with Crippen molar-refractivity contribution in [3.05, 3.63) is 87.4 Å². The standard InChI is InChI=1S/C24H25Cl2NO3/c1-28-22-9-4-3-7-18(22)10-11-27-15-19-13-23(29-2)24(14-21(19)26)30-16-17-6-5-8-20(25)12-17/h3-9,12-14,27H,10-11,15-16H2,1-2H3. The first-order valence-electron chi connectivity index (χ1n) is 9.67. The van der Waals surface area contributed by atoms with E-state index in [9.17, 15) is 0 Å². The van der Waals surface area contributed by atoms with Gasteiger partial charge < -0.3 is 19.5 Å². The van der Waals surface area contributed by atoms with Crippen molar-refractivity contribution in [3.63, 3.8) is 0 Å². The maximum Gasteiger partial charge on any atom is 0.163 e. The molecule has 0 radical (unpaired) electrons. The van der Waals surface area contributed by atoms with E-state index in [1.807, 2.05) is 48.5 Å². The third-order valence-electron chi connectivity index (χ3n) is 4.70. The van der Waals surface area contributed by atoms with Gasteiger partial charge in [0.2, 0.25) is 0 Å². The van der Waals surface area contributed by atoms with Crippen molar-refractivity contribution in [3.8, 4) is 17.2 Å². The smallest absolute Gasteiger partial charge is 0.163 e. The van der Waals surface area contributed by atoms with E-state index in [4.69, 9.17) is 37.4 Å². The Kier molecular flexibility index (Phi) is 8.26. The Labute approximate surface area is 187 Å². The molecule has 6 heteroatoms. The Balaban J connectivity index is 1.59. The predicted octanol–water partition coefficient (Wildman–Crippen LogP) is 5.92. The van der Waals surface area contributed by atoms with Crippen LogP contribution in [0.2, 0.25) is 10.0 Å². The highest BCUT2D eigenvalue weighted by Gasteiger charge is 2.11. The summed E-state index contributed by atoms with van der Waals surface area (Å²) in [4.78, 5) is 0. The van der Waals surface area contributed by atoms with E-state index in [1.165, 1.54) is 5.56 Å². The van der Waals surface area contributed by atoms with Crippen molar-refractivity contribution < 1.29 is 14.2 Å². The van der Waals surface area contributed by atoms with E-state index in [0.717, 1.165) is 29.8 Å². The SMILES string of the molecule is COc1ccccc1CCNCc1cc(OC)c(OCc2cccc(Cl)c2)cc1Cl. The number of hydrogen-bond donors (Lipinski definition) is 1. The van der Waals surface area contributed by atoms with Crippen LogP contribution in [0.4, 0.5) is 0 Å². The Morgan fingerprint density at radius 2 is 1.60 bits per heavy atom. The third kappa shape index (κ3) is 6.05. The van der Waals surface area contributed by atoms with Gasteiger partial charge in [0.15, 0.2) is 11.5 Å². The molecule has 3 rings (SSSR count). The summed E-state index contributed by atoms with van der Waals surface area (Å²) in [5, 5.41) is 4.73. The summed E-state index contributed by atoms with van der Waals surface area (Å²) in [6.07, 6.45) is 0.861. The van der Waals surface area contributed by atoms with E-state index < -0.39 is 0 Å². The lowest BCUT2D eigenvalue weighted by Gasteiger charge is -2.15. The maximum absolute atomic E-state index is 6.49. The van der Waals surface area contributed by atoms with Crippen molar-refractivity contribution >= 4 is 23.2 Å². The number of rotatable bonds is 10. The summed E-state index contributed by atoms with van der Waals surface area (Å²) in [6, 6.07) is 19.3. The molecule has 30 heavy (non-hydrogen) atoms. The molecular weight excluding hydrogens is 421 g/mol. The molecule has 0 aliphatic heterocycles. The fraction of sp³-hybridized carbons (Fsp3) is 0.250. The monoisotopic (exact) mass is 445 g/mol. The van der Waals surface area contributed by atoms with Crippen LogP contribution < -0.4 is 19.5 Å². The lowest BCUT2D eigenvalue weighted by Crippen LogP contribution is -2.17. The lowest BCUT2D eigenvalue weighted by molar-refractivity contribution is 0.284. The Bertz CT molecular complexity index is 978. The fourth-order valence-corrected chi connectivity index (χ4v) is 3.56. The summed E-state index contributed by atoms with van der Waals surface area (Å²) in [5.41, 5.74) is 3.09. The van der Waals surface area contributed by atoms with Gasteiger partial charge in [0, 0.05) is 22.7 Å². The largest absolute Gasteiger partial charge is 0.496 e. The van der Waals surface area contributed by atoms with Crippen molar-refractivity contribution in [1.29, 1.82) is 0 Å². The summed E-state index contributed by atoms with van der Waals surface area (Å²) in [5.74, 6) is 2.14. The van der Waals surface area contributed by atoms with Gasteiger partial charge in [-0.15, -0.1) is 0 Å². The molecule has 0 aromatic heterocycles. The number of halogens is 2. The molecule has 3 aromatic rings. The molecule has 0 unspecified atom stereocenters. The van der Waals surface area contributed by atoms with Crippen LogP contribution in [0, 0.1) is 0 Å². The van der Waals surface area contributed by atoms with Gasteiger partial charge in [0.05, 0.1) is 14.2 Å². The summed E-state index contributed by atoms with van der Waals surface area (Å²) in [6.45, 7) is 1.80. The second-order valence-corrected chi connectivity index (χ2v) is 7.60. The lowest BCUT2D eigenvalue weighted by atomic mass is 10.1. The normalized spacial score (nSPS) is 10.7. The molecule has 0 amide bonds. The van der Waals surface area contributed by atoms with Crippen LogP contribution in [0.25, 0.3) is 0 Å². The van der Waals surface area contributed by atoms with Crippen LogP contribution in [0.5, 0.6) is 17.2 Å². The minimum absolute atomic E-state index is 0.379. The van der Waals surface area contributed by atoms with Gasteiger partial charge in [-0.3, -0.25) is 0 Å². The highest BCUT2D eigenvalue weighted by Crippen LogP contribution is 2.34. The molecule has 0 saturated carbocycles. The molecule has 0 bridgehead atoms. The predicted molar refractivity (Wildman–Crippen MR) is 122 cm³/mol. The molecule has 158 valence electrons. The molecule has 0 spiro atoms. The van der Waals surface area contributed by atoms with Gasteiger partial charge in [0.1, 0.15) is 12.4 Å². The third-order valence-corrected chi connectivity index (χ3v) is 5.28. The Hall–Kier alpha value is -2.40. The van der Waals surface area contributed by atoms with E-state index >= 15 is 0 Å². The summed E-state index contributed by atoms with van der Waals surface area (Å²) in [7, 11) is 3.31. The van der Waals surface area contributed by atoms with E-state index in [-0.39, 0.29) is 0 Å². The molecule has 3 aromatic carbocycles. The number of ether oxygens (including phenoxy) is 3. The van der Waals surface area contributed by atoms with E-state index in [0.29, 0.717) is 34.7 Å². The molecule has 0 atom stereocenters. The Morgan fingerprint density at radius 3 is 2.37 bits per heavy atom. The van der Waals surface area contributed by atoms with Crippen LogP contribution in [0.1, 0.15) is 16.7 Å². The number of methoxy groups -OCH3 is 2. The zero-order chi connectivity index (χ0) is 21.3. The quantitative estimate of drug-likeness (QED) is 0.393. The molecule has 4 nitrogen and oxygen atoms in total. The molecule has 0 aliphatic carbocycles. The summed E-state index contributed by atoms with van der Waals surface area (Å²) >= 11 is 12.5. The van der Waals surface area contributed by atoms with Crippen molar-refractivity contribution in [2.24, 2.45) is 0 Å². The first-order valence-corrected chi connectivity index (χ1v) is 10.4. The molecular formula is C24H25Cl2NO3. The maximum atomic E-state index is 6.49. The highest BCUT2D eigenvalue weighted by molar-refractivity contribution is 6.31. The number of hydrogen-bond acceptors (Lipinski definition) is 4. The van der Waals surface area contributed by atoms with Crippen LogP contribution in [-0.2, 0) is 19.6 Å². The second-order valence-electron chi connectivity index (χ2n) is 6.75. The minimum atomic E-state index is 0.379. The van der Waals surface area contributed by atoms with Crippen LogP contribution in [0.15, 0.2) is 60.7 Å². The van der Waals surface area contributed by atoms with Gasteiger partial charge in [-0.2, -0.15) is 0 Å². The first kappa shape index (κ1) is 22.3. The van der Waals surface area contributed by atoms with Crippen LogP contribution in [-0.4, -0.2) is 20.8 Å². The zero-order valence-electron chi connectivity index (χ0n) is 17.1. The van der Waals surface area contributed by atoms with Crippen molar-refractivity contribution in [2.75, 3.05) is 20.8 Å². The molecule has 1 N–H and O–H groups in total. The van der Waals surface area contributed by atoms with Gasteiger partial charge in [0.25, 0.3) is 0 Å². The van der Waals surface area contributed by atoms with Crippen LogP contribution >= 0.6 is 23.2 Å². The molecule has 0 heterocycles. The molecule has 0 fully saturated rings. The minimum Gasteiger partial charge on any atom is -0.496 e. The molecule has 0 aliphatic rings. The van der Waals surface area contributed by atoms with Crippen LogP contribution in [0.3, 0.4) is 0 Å². The second kappa shape index (κ2) is 11.1. The number of benzene rings is 3. The van der Waals surface area contributed by atoms with Gasteiger partial charge in [-0.05, 0) is 53.9 Å². The van der Waals surface area contributed by atoms with Gasteiger partial charge >= 0.3 is 0 Å². The Morgan fingerprint density at radius 1 is 0.800 bits per heavy atom. The van der Waals surface area contributed by atoms with Crippen molar-refractivity contribution in [2.45, 2.75) is 19.6 Å². The zero-order valence-corrected chi connectivity index (χ0v) is 18.6. The molecule has 0 saturated heterocycles. The van der Waals surface area contributed by atoms with E-state index in [2.05, 4.69) is 11.4 Å². The number of para-hydroxylation sites is 1. The van der Waals surface area contributed by atoms with Gasteiger partial charge in [-0.25, -0.2) is 0 Å².